The largest absolute Gasteiger partial charge is 0.389 e. The van der Waals surface area contributed by atoms with Crippen molar-refractivity contribution in [2.45, 2.75) is 51.7 Å². The Morgan fingerprint density at radius 1 is 1.43 bits per heavy atom. The van der Waals surface area contributed by atoms with Gasteiger partial charge in [-0.3, -0.25) is 0 Å². The smallest absolute Gasteiger partial charge is 0.0945 e. The predicted molar refractivity (Wildman–Crippen MR) is 90.7 cm³/mol. The van der Waals surface area contributed by atoms with E-state index < -0.39 is 6.10 Å². The van der Waals surface area contributed by atoms with Gasteiger partial charge in [0.05, 0.1) is 18.8 Å². The van der Waals surface area contributed by atoms with Crippen LogP contribution in [0.5, 0.6) is 0 Å². The van der Waals surface area contributed by atoms with Gasteiger partial charge in [0, 0.05) is 16.7 Å². The van der Waals surface area contributed by atoms with Gasteiger partial charge < -0.3 is 15.2 Å². The second kappa shape index (κ2) is 8.16. The number of hydrogen-bond donors (Lipinski definition) is 2. The third kappa shape index (κ3) is 5.61. The first kappa shape index (κ1) is 16.8. The maximum absolute atomic E-state index is 10.1. The van der Waals surface area contributed by atoms with Crippen molar-refractivity contribution in [1.29, 1.82) is 0 Å². The maximum Gasteiger partial charge on any atom is 0.0945 e. The van der Waals surface area contributed by atoms with Crippen LogP contribution in [0.15, 0.2) is 22.7 Å². The molecule has 0 saturated heterocycles. The Bertz CT molecular complexity index is 452. The van der Waals surface area contributed by atoms with Crippen molar-refractivity contribution in [2.75, 3.05) is 18.5 Å². The molecule has 0 aliphatic heterocycles. The van der Waals surface area contributed by atoms with Crippen LogP contribution in [-0.2, 0) is 4.74 Å². The van der Waals surface area contributed by atoms with Gasteiger partial charge in [-0.2, -0.15) is 0 Å². The third-order valence-corrected chi connectivity index (χ3v) is 4.62. The molecule has 4 heteroatoms. The minimum Gasteiger partial charge on any atom is -0.389 e. The molecule has 0 amide bonds. The molecule has 1 aromatic carbocycles. The lowest BCUT2D eigenvalue weighted by Crippen LogP contribution is -2.30. The van der Waals surface area contributed by atoms with Gasteiger partial charge in [-0.1, -0.05) is 35.7 Å². The summed E-state index contributed by atoms with van der Waals surface area (Å²) in [6, 6.07) is 6.09. The number of halogens is 1. The van der Waals surface area contributed by atoms with Gasteiger partial charge in [-0.25, -0.2) is 0 Å². The third-order valence-electron chi connectivity index (χ3n) is 4.13. The van der Waals surface area contributed by atoms with Crippen LogP contribution in [0.1, 0.15) is 38.2 Å². The van der Waals surface area contributed by atoms with E-state index in [-0.39, 0.29) is 0 Å². The zero-order valence-electron chi connectivity index (χ0n) is 12.9. The Morgan fingerprint density at radius 2 is 2.24 bits per heavy atom. The molecule has 118 valence electrons. The van der Waals surface area contributed by atoms with Crippen LogP contribution in [0.25, 0.3) is 0 Å². The standard InChI is InChI=1S/C17H26BrNO2/c1-12-4-3-5-16(8-12)21-11-15(20)10-19-17-7-6-14(18)9-13(17)2/h6-7,9,12,15-16,19-20H,3-5,8,10-11H2,1-2H3. The van der Waals surface area contributed by atoms with Crippen molar-refractivity contribution in [3.63, 3.8) is 0 Å². The van der Waals surface area contributed by atoms with Crippen molar-refractivity contribution in [1.82, 2.24) is 0 Å². The van der Waals surface area contributed by atoms with Crippen LogP contribution in [0.3, 0.4) is 0 Å². The van der Waals surface area contributed by atoms with E-state index >= 15 is 0 Å². The molecule has 21 heavy (non-hydrogen) atoms. The fourth-order valence-corrected chi connectivity index (χ4v) is 3.36. The fraction of sp³-hybridized carbons (Fsp3) is 0.647. The highest BCUT2D eigenvalue weighted by molar-refractivity contribution is 9.10. The Hall–Kier alpha value is -0.580. The Labute approximate surface area is 136 Å². The van der Waals surface area contributed by atoms with Crippen molar-refractivity contribution < 1.29 is 9.84 Å². The summed E-state index contributed by atoms with van der Waals surface area (Å²) in [4.78, 5) is 0. The van der Waals surface area contributed by atoms with Gasteiger partial charge in [-0.05, 0) is 49.4 Å². The van der Waals surface area contributed by atoms with Gasteiger partial charge in [0.15, 0.2) is 0 Å². The SMILES string of the molecule is Cc1cc(Br)ccc1NCC(O)COC1CCCC(C)C1. The molecule has 3 unspecified atom stereocenters. The van der Waals surface area contributed by atoms with Gasteiger partial charge in [0.1, 0.15) is 0 Å². The summed E-state index contributed by atoms with van der Waals surface area (Å²) in [6.45, 7) is 5.27. The van der Waals surface area contributed by atoms with Crippen LogP contribution < -0.4 is 5.32 Å². The molecule has 1 aromatic rings. The van der Waals surface area contributed by atoms with Crippen molar-refractivity contribution in [3.8, 4) is 0 Å². The van der Waals surface area contributed by atoms with E-state index in [0.717, 1.165) is 28.9 Å². The van der Waals surface area contributed by atoms with Gasteiger partial charge >= 0.3 is 0 Å². The number of aliphatic hydroxyl groups is 1. The quantitative estimate of drug-likeness (QED) is 0.806. The summed E-state index contributed by atoms with van der Waals surface area (Å²) in [5, 5.41) is 13.3. The lowest BCUT2D eigenvalue weighted by molar-refractivity contribution is -0.0274. The predicted octanol–water partition coefficient (Wildman–Crippen LogP) is 4.13. The van der Waals surface area contributed by atoms with Crippen LogP contribution in [0.4, 0.5) is 5.69 Å². The number of aryl methyl sites for hydroxylation is 1. The average Bonchev–Trinajstić information content (AvgIpc) is 2.44. The van der Waals surface area contributed by atoms with Crippen LogP contribution >= 0.6 is 15.9 Å². The summed E-state index contributed by atoms with van der Waals surface area (Å²) in [6.07, 6.45) is 4.69. The zero-order valence-corrected chi connectivity index (χ0v) is 14.5. The molecule has 2 rings (SSSR count). The molecule has 1 aliphatic rings. The minimum absolute atomic E-state index is 0.331. The fourth-order valence-electron chi connectivity index (χ4n) is 2.89. The van der Waals surface area contributed by atoms with E-state index in [1.807, 2.05) is 12.1 Å². The molecule has 0 radical (unpaired) electrons. The van der Waals surface area contributed by atoms with Crippen molar-refractivity contribution in [3.05, 3.63) is 28.2 Å². The number of aliphatic hydroxyl groups excluding tert-OH is 1. The minimum atomic E-state index is -0.467. The van der Waals surface area contributed by atoms with Crippen LogP contribution in [-0.4, -0.2) is 30.5 Å². The molecule has 0 bridgehead atoms. The Morgan fingerprint density at radius 3 is 2.95 bits per heavy atom. The number of hydrogen-bond acceptors (Lipinski definition) is 3. The first-order valence-electron chi connectivity index (χ1n) is 7.84. The van der Waals surface area contributed by atoms with E-state index in [1.165, 1.54) is 18.4 Å². The monoisotopic (exact) mass is 355 g/mol. The summed E-state index contributed by atoms with van der Waals surface area (Å²) < 4.78 is 6.93. The molecule has 0 heterocycles. The normalized spacial score (nSPS) is 23.8. The highest BCUT2D eigenvalue weighted by Crippen LogP contribution is 2.25. The van der Waals surface area contributed by atoms with E-state index in [0.29, 0.717) is 19.3 Å². The lowest BCUT2D eigenvalue weighted by atomic mass is 9.89. The molecular formula is C17H26BrNO2. The topological polar surface area (TPSA) is 41.5 Å². The Balaban J connectivity index is 1.70. The number of anilines is 1. The number of benzene rings is 1. The second-order valence-corrected chi connectivity index (χ2v) is 7.14. The number of nitrogens with one attached hydrogen (secondary N) is 1. The molecular weight excluding hydrogens is 330 g/mol. The molecule has 0 spiro atoms. The highest BCUT2D eigenvalue weighted by atomic mass is 79.9. The van der Waals surface area contributed by atoms with Gasteiger partial charge in [0.2, 0.25) is 0 Å². The summed E-state index contributed by atoms with van der Waals surface area (Å²) in [7, 11) is 0. The molecule has 1 aliphatic carbocycles. The molecule has 0 aromatic heterocycles. The molecule has 1 saturated carbocycles. The summed E-state index contributed by atoms with van der Waals surface area (Å²) in [5.74, 6) is 0.754. The second-order valence-electron chi connectivity index (χ2n) is 6.22. The molecule has 1 fully saturated rings. The maximum atomic E-state index is 10.1. The van der Waals surface area contributed by atoms with Crippen molar-refractivity contribution in [2.24, 2.45) is 5.92 Å². The van der Waals surface area contributed by atoms with Gasteiger partial charge in [0.25, 0.3) is 0 Å². The van der Waals surface area contributed by atoms with Crippen LogP contribution in [0, 0.1) is 12.8 Å². The number of ether oxygens (including phenoxy) is 1. The summed E-state index contributed by atoms with van der Waals surface area (Å²) >= 11 is 3.45. The highest BCUT2D eigenvalue weighted by Gasteiger charge is 2.20. The van der Waals surface area contributed by atoms with Gasteiger partial charge in [-0.15, -0.1) is 0 Å². The average molecular weight is 356 g/mol. The zero-order chi connectivity index (χ0) is 15.2. The molecule has 3 nitrogen and oxygen atoms in total. The molecule has 2 N–H and O–H groups in total. The summed E-state index contributed by atoms with van der Waals surface area (Å²) in [5.41, 5.74) is 2.22. The van der Waals surface area contributed by atoms with Crippen LogP contribution in [0.2, 0.25) is 0 Å². The number of rotatable bonds is 6. The Kier molecular flexibility index (Phi) is 6.52. The molecule has 3 atom stereocenters. The van der Waals surface area contributed by atoms with E-state index in [2.05, 4.69) is 41.2 Å². The first-order chi connectivity index (χ1) is 10.0. The van der Waals surface area contributed by atoms with E-state index in [1.54, 1.807) is 0 Å². The van der Waals surface area contributed by atoms with E-state index in [9.17, 15) is 5.11 Å². The first-order valence-corrected chi connectivity index (χ1v) is 8.63. The van der Waals surface area contributed by atoms with E-state index in [4.69, 9.17) is 4.74 Å². The lowest BCUT2D eigenvalue weighted by Gasteiger charge is -2.27. The van der Waals surface area contributed by atoms with Crippen molar-refractivity contribution >= 4 is 21.6 Å².